The number of hydrogen-bond donors (Lipinski definition) is 3. The summed E-state index contributed by atoms with van der Waals surface area (Å²) < 4.78 is 0. The summed E-state index contributed by atoms with van der Waals surface area (Å²) in [6.45, 7) is 3.63. The minimum atomic E-state index is -1.05. The molecule has 3 N–H and O–H groups in total. The zero-order valence-corrected chi connectivity index (χ0v) is 13.6. The standard InChI is InChI=1S/C16H28N2O4/c1-11(2)9-13(16(21)22)18-15(20)10-17-14(19)8-7-12-5-3-4-6-12/h11-13H,3-10H2,1-2H3,(H,17,19)(H,18,20)(H,21,22)/t13-/m1/s1. The van der Waals surface area contributed by atoms with E-state index in [2.05, 4.69) is 10.6 Å². The number of nitrogens with one attached hydrogen (secondary N) is 2. The van der Waals surface area contributed by atoms with E-state index in [1.54, 1.807) is 0 Å². The fourth-order valence-electron chi connectivity index (χ4n) is 2.84. The van der Waals surface area contributed by atoms with Crippen LogP contribution in [-0.2, 0) is 14.4 Å². The Morgan fingerprint density at radius 3 is 2.32 bits per heavy atom. The predicted octanol–water partition coefficient (Wildman–Crippen LogP) is 1.69. The van der Waals surface area contributed by atoms with E-state index >= 15 is 0 Å². The van der Waals surface area contributed by atoms with Gasteiger partial charge in [0.25, 0.3) is 0 Å². The minimum absolute atomic E-state index is 0.141. The molecule has 1 rings (SSSR count). The van der Waals surface area contributed by atoms with Crippen LogP contribution >= 0.6 is 0 Å². The van der Waals surface area contributed by atoms with Gasteiger partial charge in [0, 0.05) is 6.42 Å². The molecule has 6 nitrogen and oxygen atoms in total. The van der Waals surface area contributed by atoms with Gasteiger partial charge in [-0.3, -0.25) is 9.59 Å². The van der Waals surface area contributed by atoms with E-state index in [9.17, 15) is 14.4 Å². The molecule has 0 saturated heterocycles. The number of amides is 2. The molecule has 0 bridgehead atoms. The van der Waals surface area contributed by atoms with Gasteiger partial charge in [-0.1, -0.05) is 39.5 Å². The second kappa shape index (κ2) is 9.43. The summed E-state index contributed by atoms with van der Waals surface area (Å²) in [6.07, 6.45) is 6.58. The molecule has 2 amide bonds. The Labute approximate surface area is 132 Å². The first kappa shape index (κ1) is 18.5. The molecule has 0 radical (unpaired) electrons. The second-order valence-corrected chi connectivity index (χ2v) is 6.55. The summed E-state index contributed by atoms with van der Waals surface area (Å²) in [7, 11) is 0. The predicted molar refractivity (Wildman–Crippen MR) is 83.2 cm³/mol. The molecule has 1 aliphatic carbocycles. The second-order valence-electron chi connectivity index (χ2n) is 6.55. The Hall–Kier alpha value is -1.59. The quantitative estimate of drug-likeness (QED) is 0.603. The zero-order valence-electron chi connectivity index (χ0n) is 13.6. The summed E-state index contributed by atoms with van der Waals surface area (Å²) in [6, 6.07) is -0.900. The number of carboxylic acids is 1. The van der Waals surface area contributed by atoms with Gasteiger partial charge in [0.1, 0.15) is 6.04 Å². The lowest BCUT2D eigenvalue weighted by molar-refractivity contribution is -0.142. The van der Waals surface area contributed by atoms with Crippen molar-refractivity contribution in [2.75, 3.05) is 6.54 Å². The van der Waals surface area contributed by atoms with Gasteiger partial charge >= 0.3 is 5.97 Å². The van der Waals surface area contributed by atoms with Crippen molar-refractivity contribution in [3.05, 3.63) is 0 Å². The number of carbonyl (C=O) groups excluding carboxylic acids is 2. The first-order valence-corrected chi connectivity index (χ1v) is 8.17. The maximum absolute atomic E-state index is 11.7. The van der Waals surface area contributed by atoms with Crippen LogP contribution in [0.3, 0.4) is 0 Å². The highest BCUT2D eigenvalue weighted by Gasteiger charge is 2.21. The largest absolute Gasteiger partial charge is 0.480 e. The number of rotatable bonds is 9. The van der Waals surface area contributed by atoms with Crippen molar-refractivity contribution in [3.63, 3.8) is 0 Å². The summed E-state index contributed by atoms with van der Waals surface area (Å²) in [5.74, 6) is -0.834. The molecule has 126 valence electrons. The molecule has 0 spiro atoms. The van der Waals surface area contributed by atoms with E-state index in [1.165, 1.54) is 25.7 Å². The van der Waals surface area contributed by atoms with E-state index in [4.69, 9.17) is 5.11 Å². The van der Waals surface area contributed by atoms with E-state index in [-0.39, 0.29) is 18.4 Å². The molecule has 0 aliphatic heterocycles. The molecule has 1 fully saturated rings. The molecular weight excluding hydrogens is 284 g/mol. The average Bonchev–Trinajstić information content (AvgIpc) is 2.94. The van der Waals surface area contributed by atoms with E-state index in [1.807, 2.05) is 13.8 Å². The third kappa shape index (κ3) is 7.43. The molecule has 0 unspecified atom stereocenters. The van der Waals surface area contributed by atoms with Crippen LogP contribution in [0.2, 0.25) is 0 Å². The van der Waals surface area contributed by atoms with Crippen LogP contribution in [0.5, 0.6) is 0 Å². The van der Waals surface area contributed by atoms with Crippen LogP contribution in [0, 0.1) is 11.8 Å². The third-order valence-electron chi connectivity index (χ3n) is 4.04. The molecule has 0 heterocycles. The molecule has 1 aliphatic rings. The lowest BCUT2D eigenvalue weighted by Gasteiger charge is -2.16. The van der Waals surface area contributed by atoms with Gasteiger partial charge in [0.2, 0.25) is 11.8 Å². The SMILES string of the molecule is CC(C)C[C@@H](NC(=O)CNC(=O)CCC1CCCC1)C(=O)O. The first-order chi connectivity index (χ1) is 10.4. The van der Waals surface area contributed by atoms with Gasteiger partial charge in [-0.15, -0.1) is 0 Å². The molecule has 6 heteroatoms. The summed E-state index contributed by atoms with van der Waals surface area (Å²) in [4.78, 5) is 34.5. The summed E-state index contributed by atoms with van der Waals surface area (Å²) in [5.41, 5.74) is 0. The van der Waals surface area contributed by atoms with Crippen molar-refractivity contribution in [2.45, 2.75) is 64.8 Å². The van der Waals surface area contributed by atoms with Gasteiger partial charge in [-0.05, 0) is 24.7 Å². The average molecular weight is 312 g/mol. The Balaban J connectivity index is 2.22. The highest BCUT2D eigenvalue weighted by atomic mass is 16.4. The van der Waals surface area contributed by atoms with Crippen LogP contribution in [0.1, 0.15) is 58.8 Å². The van der Waals surface area contributed by atoms with Gasteiger partial charge in [0.15, 0.2) is 0 Å². The highest BCUT2D eigenvalue weighted by molar-refractivity contribution is 5.87. The Morgan fingerprint density at radius 1 is 1.14 bits per heavy atom. The fraction of sp³-hybridized carbons (Fsp3) is 0.812. The van der Waals surface area contributed by atoms with Gasteiger partial charge in [-0.25, -0.2) is 4.79 Å². The van der Waals surface area contributed by atoms with Crippen LogP contribution in [-0.4, -0.2) is 35.5 Å². The summed E-state index contributed by atoms with van der Waals surface area (Å²) in [5, 5.41) is 14.1. The Kier molecular flexibility index (Phi) is 7.91. The van der Waals surface area contributed by atoms with Crippen LogP contribution < -0.4 is 10.6 Å². The number of carboxylic acid groups (broad SMARTS) is 1. The molecule has 1 atom stereocenters. The smallest absolute Gasteiger partial charge is 0.326 e. The fourth-order valence-corrected chi connectivity index (χ4v) is 2.84. The third-order valence-corrected chi connectivity index (χ3v) is 4.04. The molecule has 1 saturated carbocycles. The van der Waals surface area contributed by atoms with Crippen LogP contribution in [0.25, 0.3) is 0 Å². The van der Waals surface area contributed by atoms with E-state index < -0.39 is 17.9 Å². The number of carbonyl (C=O) groups is 3. The van der Waals surface area contributed by atoms with Crippen molar-refractivity contribution in [3.8, 4) is 0 Å². The normalized spacial score (nSPS) is 16.5. The van der Waals surface area contributed by atoms with Crippen molar-refractivity contribution < 1.29 is 19.5 Å². The topological polar surface area (TPSA) is 95.5 Å². The van der Waals surface area contributed by atoms with Gasteiger partial charge in [-0.2, -0.15) is 0 Å². The van der Waals surface area contributed by atoms with E-state index in [0.717, 1.165) is 6.42 Å². The highest BCUT2D eigenvalue weighted by Crippen LogP contribution is 2.28. The van der Waals surface area contributed by atoms with Crippen LogP contribution in [0.15, 0.2) is 0 Å². The lowest BCUT2D eigenvalue weighted by atomic mass is 10.0. The van der Waals surface area contributed by atoms with Gasteiger partial charge in [0.05, 0.1) is 6.54 Å². The molecule has 0 aromatic carbocycles. The monoisotopic (exact) mass is 312 g/mol. The molecular formula is C16H28N2O4. The maximum Gasteiger partial charge on any atom is 0.326 e. The van der Waals surface area contributed by atoms with Crippen molar-refractivity contribution in [1.82, 2.24) is 10.6 Å². The van der Waals surface area contributed by atoms with Crippen molar-refractivity contribution in [1.29, 1.82) is 0 Å². The van der Waals surface area contributed by atoms with E-state index in [0.29, 0.717) is 18.8 Å². The maximum atomic E-state index is 11.7. The molecule has 22 heavy (non-hydrogen) atoms. The number of hydrogen-bond acceptors (Lipinski definition) is 3. The van der Waals surface area contributed by atoms with Crippen LogP contribution in [0.4, 0.5) is 0 Å². The van der Waals surface area contributed by atoms with Gasteiger partial charge < -0.3 is 15.7 Å². The van der Waals surface area contributed by atoms with Crippen molar-refractivity contribution >= 4 is 17.8 Å². The lowest BCUT2D eigenvalue weighted by Crippen LogP contribution is -2.46. The Bertz CT molecular complexity index is 390. The zero-order chi connectivity index (χ0) is 16.5. The first-order valence-electron chi connectivity index (χ1n) is 8.17. The minimum Gasteiger partial charge on any atom is -0.480 e. The molecule has 0 aromatic rings. The number of aliphatic carboxylic acids is 1. The molecule has 0 aromatic heterocycles. The summed E-state index contributed by atoms with van der Waals surface area (Å²) >= 11 is 0. The van der Waals surface area contributed by atoms with Crippen molar-refractivity contribution in [2.24, 2.45) is 11.8 Å². The Morgan fingerprint density at radius 2 is 1.77 bits per heavy atom.